The number of anilines is 1. The molecular weight excluding hydrogens is 362 g/mol. The minimum Gasteiger partial charge on any atom is -0.356 e. The molecule has 1 saturated heterocycles. The maximum absolute atomic E-state index is 11.6. The molecule has 7 nitrogen and oxygen atoms in total. The van der Waals surface area contributed by atoms with Crippen LogP contribution in [0.5, 0.6) is 0 Å². The number of aryl methyl sites for hydroxylation is 2. The van der Waals surface area contributed by atoms with Crippen LogP contribution in [0.25, 0.3) is 21.9 Å². The quantitative estimate of drug-likeness (QED) is 0.692. The van der Waals surface area contributed by atoms with Gasteiger partial charge >= 0.3 is 0 Å². The van der Waals surface area contributed by atoms with E-state index >= 15 is 0 Å². The first-order valence-corrected chi connectivity index (χ1v) is 9.76. The summed E-state index contributed by atoms with van der Waals surface area (Å²) < 4.78 is 5.47. The number of thiophene rings is 1. The molecule has 1 aliphatic rings. The number of nitrogens with zero attached hydrogens (tertiary/aromatic N) is 5. The first-order valence-electron chi connectivity index (χ1n) is 8.88. The van der Waals surface area contributed by atoms with Crippen LogP contribution < -0.4 is 4.90 Å². The van der Waals surface area contributed by atoms with Gasteiger partial charge in [0, 0.05) is 45.4 Å². The van der Waals surface area contributed by atoms with Crippen molar-refractivity contribution >= 4 is 23.2 Å². The predicted octanol–water partition coefficient (Wildman–Crippen LogP) is 3.15. The lowest BCUT2D eigenvalue weighted by Gasteiger charge is -2.34. The summed E-state index contributed by atoms with van der Waals surface area (Å²) >= 11 is 1.65. The highest BCUT2D eigenvalue weighted by Gasteiger charge is 2.23. The van der Waals surface area contributed by atoms with E-state index in [2.05, 4.69) is 33.4 Å². The van der Waals surface area contributed by atoms with Gasteiger partial charge < -0.3 is 14.3 Å². The highest BCUT2D eigenvalue weighted by atomic mass is 32.1. The van der Waals surface area contributed by atoms with Gasteiger partial charge in [0.1, 0.15) is 0 Å². The van der Waals surface area contributed by atoms with E-state index in [0.29, 0.717) is 24.8 Å². The summed E-state index contributed by atoms with van der Waals surface area (Å²) in [6.45, 7) is 8.41. The average molecular weight is 383 g/mol. The van der Waals surface area contributed by atoms with Crippen LogP contribution >= 0.6 is 11.3 Å². The summed E-state index contributed by atoms with van der Waals surface area (Å²) in [5, 5.41) is 6.06. The van der Waals surface area contributed by atoms with Gasteiger partial charge in [-0.25, -0.2) is 9.97 Å². The second kappa shape index (κ2) is 7.11. The highest BCUT2D eigenvalue weighted by Crippen LogP contribution is 2.36. The van der Waals surface area contributed by atoms with Crippen LogP contribution in [-0.2, 0) is 4.79 Å². The van der Waals surface area contributed by atoms with Gasteiger partial charge in [-0.1, -0.05) is 5.16 Å². The number of hydrogen-bond donors (Lipinski definition) is 0. The number of aromatic nitrogens is 3. The molecule has 1 aliphatic heterocycles. The van der Waals surface area contributed by atoms with Crippen molar-refractivity contribution in [1.82, 2.24) is 20.0 Å². The topological polar surface area (TPSA) is 75.4 Å². The number of hydrogen-bond acceptors (Lipinski definition) is 7. The van der Waals surface area contributed by atoms with E-state index in [1.54, 1.807) is 18.3 Å². The van der Waals surface area contributed by atoms with Crippen LogP contribution in [0.2, 0.25) is 0 Å². The summed E-state index contributed by atoms with van der Waals surface area (Å²) in [5.41, 5.74) is 3.69. The Bertz CT molecular complexity index is 972. The zero-order chi connectivity index (χ0) is 19.0. The van der Waals surface area contributed by atoms with Crippen LogP contribution in [0.4, 0.5) is 5.95 Å². The molecule has 0 saturated carbocycles. The van der Waals surface area contributed by atoms with E-state index < -0.39 is 0 Å². The predicted molar refractivity (Wildman–Crippen MR) is 105 cm³/mol. The van der Waals surface area contributed by atoms with Gasteiger partial charge in [-0.2, -0.15) is 0 Å². The van der Waals surface area contributed by atoms with E-state index in [4.69, 9.17) is 9.51 Å². The van der Waals surface area contributed by atoms with Crippen molar-refractivity contribution in [1.29, 1.82) is 0 Å². The summed E-state index contributed by atoms with van der Waals surface area (Å²) in [4.78, 5) is 26.1. The fourth-order valence-electron chi connectivity index (χ4n) is 3.21. The van der Waals surface area contributed by atoms with E-state index in [-0.39, 0.29) is 5.91 Å². The lowest BCUT2D eigenvalue weighted by Crippen LogP contribution is -2.48. The average Bonchev–Trinajstić information content (AvgIpc) is 3.29. The Labute approximate surface area is 161 Å². The largest absolute Gasteiger partial charge is 0.356 e. The summed E-state index contributed by atoms with van der Waals surface area (Å²) in [6.07, 6.45) is 1.81. The Balaban J connectivity index is 1.71. The molecule has 1 amide bonds. The van der Waals surface area contributed by atoms with Crippen molar-refractivity contribution < 1.29 is 9.32 Å². The number of carbonyl (C=O) groups is 1. The minimum absolute atomic E-state index is 0.113. The van der Waals surface area contributed by atoms with Crippen molar-refractivity contribution in [3.8, 4) is 21.9 Å². The highest BCUT2D eigenvalue weighted by molar-refractivity contribution is 7.13. The van der Waals surface area contributed by atoms with Crippen molar-refractivity contribution in [2.75, 3.05) is 31.1 Å². The van der Waals surface area contributed by atoms with E-state index in [9.17, 15) is 4.79 Å². The van der Waals surface area contributed by atoms with Gasteiger partial charge in [0.2, 0.25) is 11.9 Å². The molecule has 4 heterocycles. The summed E-state index contributed by atoms with van der Waals surface area (Å²) in [6, 6.07) is 3.99. The monoisotopic (exact) mass is 383 g/mol. The normalized spacial score (nSPS) is 14.6. The molecule has 3 aromatic rings. The van der Waals surface area contributed by atoms with Gasteiger partial charge in [0.05, 0.1) is 21.8 Å². The minimum atomic E-state index is 0.113. The molecule has 0 aliphatic carbocycles. The lowest BCUT2D eigenvalue weighted by molar-refractivity contribution is -0.129. The number of carbonyl (C=O) groups excluding carboxylic acids is 1. The van der Waals surface area contributed by atoms with Gasteiger partial charge in [0.15, 0.2) is 5.76 Å². The Kier molecular flexibility index (Phi) is 4.65. The molecule has 0 unspecified atom stereocenters. The fourth-order valence-corrected chi connectivity index (χ4v) is 4.13. The third kappa shape index (κ3) is 3.44. The molecule has 0 N–H and O–H groups in total. The van der Waals surface area contributed by atoms with Gasteiger partial charge in [-0.15, -0.1) is 11.3 Å². The van der Waals surface area contributed by atoms with E-state index in [0.717, 1.165) is 34.9 Å². The first kappa shape index (κ1) is 17.7. The maximum Gasteiger partial charge on any atom is 0.226 e. The summed E-state index contributed by atoms with van der Waals surface area (Å²) in [5.74, 6) is 1.46. The molecule has 0 radical (unpaired) electrons. The Morgan fingerprint density at radius 2 is 2.00 bits per heavy atom. The molecule has 0 spiro atoms. The first-order chi connectivity index (χ1) is 13.0. The Morgan fingerprint density at radius 3 is 2.59 bits per heavy atom. The second-order valence-electron chi connectivity index (χ2n) is 6.69. The van der Waals surface area contributed by atoms with Crippen molar-refractivity contribution in [3.63, 3.8) is 0 Å². The maximum atomic E-state index is 11.6. The smallest absolute Gasteiger partial charge is 0.226 e. The van der Waals surface area contributed by atoms with Gasteiger partial charge in [-0.3, -0.25) is 4.79 Å². The van der Waals surface area contributed by atoms with Crippen molar-refractivity contribution in [3.05, 3.63) is 35.0 Å². The number of piperazine rings is 1. The fraction of sp³-hybridized carbons (Fsp3) is 0.368. The molecule has 27 heavy (non-hydrogen) atoms. The SMILES string of the molecule is CC(=O)N1CCN(c2ncc(-c3cc(C)no3)c(-c3sccc3C)n2)CC1. The second-order valence-corrected chi connectivity index (χ2v) is 7.61. The third-order valence-corrected chi connectivity index (χ3v) is 5.78. The molecule has 3 aromatic heterocycles. The molecule has 8 heteroatoms. The van der Waals surface area contributed by atoms with Gasteiger partial charge in [-0.05, 0) is 30.9 Å². The van der Waals surface area contributed by atoms with E-state index in [1.807, 2.05) is 24.1 Å². The molecule has 0 aromatic carbocycles. The zero-order valence-corrected chi connectivity index (χ0v) is 16.4. The summed E-state index contributed by atoms with van der Waals surface area (Å²) in [7, 11) is 0. The molecule has 0 atom stereocenters. The molecule has 140 valence electrons. The number of rotatable bonds is 3. The lowest BCUT2D eigenvalue weighted by atomic mass is 10.1. The zero-order valence-electron chi connectivity index (χ0n) is 15.6. The third-order valence-electron chi connectivity index (χ3n) is 4.75. The van der Waals surface area contributed by atoms with Crippen LogP contribution in [-0.4, -0.2) is 52.1 Å². The molecular formula is C19H21N5O2S. The van der Waals surface area contributed by atoms with Gasteiger partial charge in [0.25, 0.3) is 0 Å². The molecule has 4 rings (SSSR count). The molecule has 1 fully saturated rings. The van der Waals surface area contributed by atoms with Crippen molar-refractivity contribution in [2.45, 2.75) is 20.8 Å². The molecule has 0 bridgehead atoms. The standard InChI is InChI=1S/C19H21N5O2S/c1-12-4-9-27-18(12)17-15(16-10-13(2)22-26-16)11-20-19(21-17)24-7-5-23(6-8-24)14(3)25/h4,9-11H,5-8H2,1-3H3. The Hall–Kier alpha value is -2.74. The van der Waals surface area contributed by atoms with Crippen LogP contribution in [0.3, 0.4) is 0 Å². The van der Waals surface area contributed by atoms with Crippen LogP contribution in [0, 0.1) is 13.8 Å². The van der Waals surface area contributed by atoms with Crippen molar-refractivity contribution in [2.24, 2.45) is 0 Å². The Morgan fingerprint density at radius 1 is 1.22 bits per heavy atom. The van der Waals surface area contributed by atoms with E-state index in [1.165, 1.54) is 5.56 Å². The number of amides is 1. The van der Waals surface area contributed by atoms with Crippen LogP contribution in [0.1, 0.15) is 18.2 Å². The van der Waals surface area contributed by atoms with Crippen LogP contribution in [0.15, 0.2) is 28.2 Å².